The van der Waals surface area contributed by atoms with Gasteiger partial charge in [-0.15, -0.1) is 6.58 Å². The van der Waals surface area contributed by atoms with Crippen molar-refractivity contribution in [3.05, 3.63) is 99.7 Å². The summed E-state index contributed by atoms with van der Waals surface area (Å²) in [5.41, 5.74) is 4.86. The lowest BCUT2D eigenvalue weighted by molar-refractivity contribution is 0.728. The molecule has 0 aliphatic heterocycles. The quantitative estimate of drug-likeness (QED) is 0.494. The maximum Gasteiger partial charge on any atom is 0.254 e. The smallest absolute Gasteiger partial charge is 0.254 e. The molecule has 0 spiro atoms. The standard InChI is InChI=1S/C26H27N3O/c1-3-5-12-24-23(26(30)29-25(28-24)13-6-4-2)17-19-14-15-22(21(16-19)18-27)20-10-8-7-9-11-20/h3,7-11,14-16H,1,4-6,12-13,17H2,2H3,(H,28,29,30). The monoisotopic (exact) mass is 397 g/mol. The Kier molecular flexibility index (Phi) is 7.34. The second-order valence-corrected chi connectivity index (χ2v) is 7.40. The van der Waals surface area contributed by atoms with Crippen molar-refractivity contribution in [1.82, 2.24) is 9.97 Å². The Labute approximate surface area is 177 Å². The highest BCUT2D eigenvalue weighted by Gasteiger charge is 2.14. The highest BCUT2D eigenvalue weighted by molar-refractivity contribution is 5.71. The number of benzene rings is 2. The van der Waals surface area contributed by atoms with E-state index in [0.29, 0.717) is 24.0 Å². The van der Waals surface area contributed by atoms with Gasteiger partial charge in [-0.25, -0.2) is 4.98 Å². The minimum atomic E-state index is -0.0826. The first-order valence-corrected chi connectivity index (χ1v) is 10.5. The highest BCUT2D eigenvalue weighted by atomic mass is 16.1. The predicted molar refractivity (Wildman–Crippen MR) is 121 cm³/mol. The third-order valence-electron chi connectivity index (χ3n) is 5.17. The third kappa shape index (κ3) is 5.12. The number of rotatable bonds is 9. The van der Waals surface area contributed by atoms with E-state index in [9.17, 15) is 10.1 Å². The van der Waals surface area contributed by atoms with Crippen LogP contribution in [-0.4, -0.2) is 9.97 Å². The molecule has 30 heavy (non-hydrogen) atoms. The summed E-state index contributed by atoms with van der Waals surface area (Å²) in [6.45, 7) is 5.92. The molecule has 1 heterocycles. The number of aryl methyl sites for hydroxylation is 2. The molecule has 0 radical (unpaired) electrons. The van der Waals surface area contributed by atoms with Gasteiger partial charge in [0.05, 0.1) is 17.3 Å². The van der Waals surface area contributed by atoms with E-state index in [2.05, 4.69) is 24.6 Å². The molecule has 4 nitrogen and oxygen atoms in total. The van der Waals surface area contributed by atoms with Crippen LogP contribution >= 0.6 is 0 Å². The molecule has 0 amide bonds. The first kappa shape index (κ1) is 21.3. The van der Waals surface area contributed by atoms with E-state index in [1.165, 1.54) is 0 Å². The zero-order chi connectivity index (χ0) is 21.3. The average molecular weight is 398 g/mol. The Bertz CT molecular complexity index is 1110. The number of hydrogen-bond acceptors (Lipinski definition) is 3. The summed E-state index contributed by atoms with van der Waals surface area (Å²) in [6, 6.07) is 18.0. The van der Waals surface area contributed by atoms with Crippen molar-refractivity contribution in [2.75, 3.05) is 0 Å². The van der Waals surface area contributed by atoms with Crippen molar-refractivity contribution < 1.29 is 0 Å². The van der Waals surface area contributed by atoms with Crippen molar-refractivity contribution in [3.63, 3.8) is 0 Å². The molecular formula is C26H27N3O. The molecule has 1 N–H and O–H groups in total. The van der Waals surface area contributed by atoms with Gasteiger partial charge in [0.25, 0.3) is 5.56 Å². The minimum Gasteiger partial charge on any atom is -0.310 e. The summed E-state index contributed by atoms with van der Waals surface area (Å²) in [6.07, 6.45) is 6.58. The van der Waals surface area contributed by atoms with E-state index in [1.54, 1.807) is 0 Å². The van der Waals surface area contributed by atoms with Gasteiger partial charge in [-0.3, -0.25) is 4.79 Å². The second kappa shape index (κ2) is 10.4. The van der Waals surface area contributed by atoms with Crippen LogP contribution in [-0.2, 0) is 19.3 Å². The van der Waals surface area contributed by atoms with Crippen molar-refractivity contribution >= 4 is 0 Å². The van der Waals surface area contributed by atoms with Gasteiger partial charge in [0.2, 0.25) is 0 Å². The number of aromatic nitrogens is 2. The van der Waals surface area contributed by atoms with E-state index >= 15 is 0 Å². The van der Waals surface area contributed by atoms with Crippen molar-refractivity contribution in [3.8, 4) is 17.2 Å². The summed E-state index contributed by atoms with van der Waals surface area (Å²) in [7, 11) is 0. The van der Waals surface area contributed by atoms with Gasteiger partial charge in [0.1, 0.15) is 5.82 Å². The largest absolute Gasteiger partial charge is 0.310 e. The molecule has 3 aromatic rings. The topological polar surface area (TPSA) is 69.5 Å². The van der Waals surface area contributed by atoms with Gasteiger partial charge in [-0.1, -0.05) is 61.9 Å². The highest BCUT2D eigenvalue weighted by Crippen LogP contribution is 2.25. The maximum absolute atomic E-state index is 12.8. The van der Waals surface area contributed by atoms with Crippen LogP contribution in [0.5, 0.6) is 0 Å². The number of aromatic amines is 1. The average Bonchev–Trinajstić information content (AvgIpc) is 2.78. The SMILES string of the molecule is C=CCCc1nc(CCCC)[nH]c(=O)c1Cc1ccc(-c2ccccc2)c(C#N)c1. The Morgan fingerprint density at radius 1 is 1.17 bits per heavy atom. The van der Waals surface area contributed by atoms with Crippen LogP contribution in [0.15, 0.2) is 66.0 Å². The summed E-state index contributed by atoms with van der Waals surface area (Å²) >= 11 is 0. The van der Waals surface area contributed by atoms with E-state index in [1.807, 2.05) is 54.6 Å². The number of nitrogens with zero attached hydrogens (tertiary/aromatic N) is 2. The fraction of sp³-hybridized carbons (Fsp3) is 0.269. The number of hydrogen-bond donors (Lipinski definition) is 1. The first-order valence-electron chi connectivity index (χ1n) is 10.5. The van der Waals surface area contributed by atoms with Crippen LogP contribution in [0.3, 0.4) is 0 Å². The van der Waals surface area contributed by atoms with Crippen LogP contribution in [0.2, 0.25) is 0 Å². The molecule has 0 atom stereocenters. The van der Waals surface area contributed by atoms with Crippen LogP contribution in [0.25, 0.3) is 11.1 Å². The van der Waals surface area contributed by atoms with E-state index in [0.717, 1.165) is 53.9 Å². The molecule has 0 aliphatic carbocycles. The third-order valence-corrected chi connectivity index (χ3v) is 5.17. The van der Waals surface area contributed by atoms with Crippen LogP contribution in [0.4, 0.5) is 0 Å². The Hall–Kier alpha value is -3.45. The Morgan fingerprint density at radius 2 is 1.97 bits per heavy atom. The van der Waals surface area contributed by atoms with Crippen molar-refractivity contribution in [2.45, 2.75) is 45.4 Å². The van der Waals surface area contributed by atoms with Gasteiger partial charge in [0.15, 0.2) is 0 Å². The fourth-order valence-corrected chi connectivity index (χ4v) is 3.55. The summed E-state index contributed by atoms with van der Waals surface area (Å²) in [5, 5.41) is 9.67. The lowest BCUT2D eigenvalue weighted by Crippen LogP contribution is -2.21. The predicted octanol–water partition coefficient (Wildman–Crippen LogP) is 5.36. The normalized spacial score (nSPS) is 10.5. The number of allylic oxidation sites excluding steroid dienone is 1. The van der Waals surface area contributed by atoms with Crippen LogP contribution in [0.1, 0.15) is 54.4 Å². The molecular weight excluding hydrogens is 370 g/mol. The molecule has 0 saturated carbocycles. The molecule has 152 valence electrons. The van der Waals surface area contributed by atoms with Crippen molar-refractivity contribution in [2.24, 2.45) is 0 Å². The van der Waals surface area contributed by atoms with Gasteiger partial charge in [-0.2, -0.15) is 5.26 Å². The zero-order valence-electron chi connectivity index (χ0n) is 17.4. The molecule has 4 heteroatoms. The van der Waals surface area contributed by atoms with E-state index in [-0.39, 0.29) is 5.56 Å². The zero-order valence-corrected chi connectivity index (χ0v) is 17.4. The van der Waals surface area contributed by atoms with Crippen LogP contribution in [0, 0.1) is 11.3 Å². The summed E-state index contributed by atoms with van der Waals surface area (Å²) in [4.78, 5) is 20.5. The molecule has 2 aromatic carbocycles. The minimum absolute atomic E-state index is 0.0826. The summed E-state index contributed by atoms with van der Waals surface area (Å²) < 4.78 is 0. The maximum atomic E-state index is 12.8. The number of unbranched alkanes of at least 4 members (excludes halogenated alkanes) is 1. The van der Waals surface area contributed by atoms with Crippen LogP contribution < -0.4 is 5.56 Å². The summed E-state index contributed by atoms with van der Waals surface area (Å²) in [5.74, 6) is 0.752. The number of H-pyrrole nitrogens is 1. The van der Waals surface area contributed by atoms with Gasteiger partial charge < -0.3 is 4.98 Å². The molecule has 1 aromatic heterocycles. The second-order valence-electron chi connectivity index (χ2n) is 7.40. The van der Waals surface area contributed by atoms with E-state index < -0.39 is 0 Å². The van der Waals surface area contributed by atoms with Gasteiger partial charge in [-0.05, 0) is 42.0 Å². The molecule has 0 aliphatic rings. The molecule has 0 bridgehead atoms. The number of nitrogens with one attached hydrogen (secondary N) is 1. The molecule has 3 rings (SSSR count). The molecule has 0 fully saturated rings. The van der Waals surface area contributed by atoms with Gasteiger partial charge >= 0.3 is 0 Å². The van der Waals surface area contributed by atoms with E-state index in [4.69, 9.17) is 4.98 Å². The molecule has 0 saturated heterocycles. The van der Waals surface area contributed by atoms with Gasteiger partial charge in [0, 0.05) is 18.4 Å². The van der Waals surface area contributed by atoms with Crippen molar-refractivity contribution in [1.29, 1.82) is 5.26 Å². The first-order chi connectivity index (χ1) is 14.7. The fourth-order valence-electron chi connectivity index (χ4n) is 3.55. The molecule has 0 unspecified atom stereocenters. The lowest BCUT2D eigenvalue weighted by atomic mass is 9.95. The Morgan fingerprint density at radius 3 is 2.67 bits per heavy atom. The lowest BCUT2D eigenvalue weighted by Gasteiger charge is -2.11. The number of nitriles is 1. The Balaban J connectivity index is 1.96.